The second kappa shape index (κ2) is 9.73. The molecule has 1 aromatic heterocycles. The van der Waals surface area contributed by atoms with Crippen molar-refractivity contribution >= 4 is 21.5 Å². The van der Waals surface area contributed by atoms with Crippen molar-refractivity contribution in [1.29, 1.82) is 0 Å². The Kier molecular flexibility index (Phi) is 8.07. The maximum absolute atomic E-state index is 11.9. The smallest absolute Gasteiger partial charge is 0.387 e. The minimum atomic E-state index is -5.11. The predicted molar refractivity (Wildman–Crippen MR) is 95.1 cm³/mol. The SMILES string of the molecule is NCCCOP(=O)(O)OP(=O)(O)OC[C@H]1O[C@@H](n2ccc(N)nc2=O)[C@H](O)[C@@H]1O. The highest BCUT2D eigenvalue weighted by Crippen LogP contribution is 2.60. The van der Waals surface area contributed by atoms with Crippen LogP contribution in [-0.4, -0.2) is 67.6 Å². The molecule has 0 amide bonds. The van der Waals surface area contributed by atoms with Crippen molar-refractivity contribution in [3.05, 3.63) is 22.7 Å². The fraction of sp³-hybridized carbons (Fsp3) is 0.667. The molecule has 0 radical (unpaired) electrons. The van der Waals surface area contributed by atoms with Gasteiger partial charge in [0.25, 0.3) is 0 Å². The van der Waals surface area contributed by atoms with Gasteiger partial charge < -0.3 is 36.2 Å². The monoisotopic (exact) mass is 460 g/mol. The normalized spacial score (nSPS) is 28.7. The summed E-state index contributed by atoms with van der Waals surface area (Å²) in [4.78, 5) is 34.3. The molecule has 1 aromatic rings. The van der Waals surface area contributed by atoms with Gasteiger partial charge in [-0.1, -0.05) is 0 Å². The second-order valence-electron chi connectivity index (χ2n) is 5.88. The number of phosphoric acid groups is 2. The van der Waals surface area contributed by atoms with Crippen molar-refractivity contribution in [1.82, 2.24) is 9.55 Å². The topological polar surface area (TPSA) is 239 Å². The number of nitrogen functional groups attached to an aromatic ring is 1. The fourth-order valence-electron chi connectivity index (χ4n) is 2.32. The lowest BCUT2D eigenvalue weighted by Crippen LogP contribution is -2.36. The number of hydrogen-bond donors (Lipinski definition) is 6. The Morgan fingerprint density at radius 1 is 1.21 bits per heavy atom. The van der Waals surface area contributed by atoms with Crippen LogP contribution in [-0.2, 0) is 27.2 Å². The van der Waals surface area contributed by atoms with E-state index in [1.165, 1.54) is 12.3 Å². The zero-order chi connectivity index (χ0) is 21.8. The van der Waals surface area contributed by atoms with Gasteiger partial charge in [0.2, 0.25) is 0 Å². The first-order valence-electron chi connectivity index (χ1n) is 8.18. The average Bonchev–Trinajstić information content (AvgIpc) is 2.87. The van der Waals surface area contributed by atoms with Crippen LogP contribution in [0.1, 0.15) is 12.6 Å². The van der Waals surface area contributed by atoms with Crippen LogP contribution in [0.5, 0.6) is 0 Å². The van der Waals surface area contributed by atoms with Crippen LogP contribution in [0, 0.1) is 0 Å². The Balaban J connectivity index is 1.98. The van der Waals surface area contributed by atoms with Gasteiger partial charge in [0.15, 0.2) is 6.23 Å². The predicted octanol–water partition coefficient (Wildman–Crippen LogP) is -1.96. The molecular weight excluding hydrogens is 438 g/mol. The summed E-state index contributed by atoms with van der Waals surface area (Å²) in [6.07, 6.45) is -4.65. The molecule has 2 unspecified atom stereocenters. The lowest BCUT2D eigenvalue weighted by atomic mass is 10.1. The standard InChI is InChI=1S/C12H22N4O11P2/c13-3-1-5-24-28(20,21)27-29(22,23)25-6-7-9(17)10(18)11(26-7)16-4-2-8(14)15-12(16)19/h2,4,7,9-11,17-18H,1,3,5-6,13H2,(H,20,21)(H,22,23)(H2,14,15,19)/t7-,9-,10-,11-/m1/s1. The Hall–Kier alpha value is -1.22. The van der Waals surface area contributed by atoms with Crippen molar-refractivity contribution in [3.63, 3.8) is 0 Å². The van der Waals surface area contributed by atoms with Crippen LogP contribution < -0.4 is 17.2 Å². The first-order chi connectivity index (χ1) is 13.5. The highest BCUT2D eigenvalue weighted by Gasteiger charge is 2.46. The van der Waals surface area contributed by atoms with Crippen LogP contribution in [0.25, 0.3) is 0 Å². The van der Waals surface area contributed by atoms with E-state index in [1.54, 1.807) is 0 Å². The maximum Gasteiger partial charge on any atom is 0.481 e. The van der Waals surface area contributed by atoms with Gasteiger partial charge in [0, 0.05) is 6.20 Å². The number of phosphoric ester groups is 2. The van der Waals surface area contributed by atoms with Crippen LogP contribution in [0.15, 0.2) is 17.1 Å². The molecule has 29 heavy (non-hydrogen) atoms. The number of aromatic nitrogens is 2. The largest absolute Gasteiger partial charge is 0.481 e. The van der Waals surface area contributed by atoms with E-state index < -0.39 is 52.5 Å². The van der Waals surface area contributed by atoms with E-state index >= 15 is 0 Å². The minimum Gasteiger partial charge on any atom is -0.387 e. The minimum absolute atomic E-state index is 0.0698. The highest BCUT2D eigenvalue weighted by molar-refractivity contribution is 7.61. The number of aliphatic hydroxyl groups excluding tert-OH is 2. The molecule has 8 N–H and O–H groups in total. The summed E-state index contributed by atoms with van der Waals surface area (Å²) in [5.41, 5.74) is 9.69. The zero-order valence-corrected chi connectivity index (χ0v) is 16.7. The van der Waals surface area contributed by atoms with E-state index in [0.29, 0.717) is 0 Å². The molecular formula is C12H22N4O11P2. The summed E-state index contributed by atoms with van der Waals surface area (Å²) in [6.45, 7) is -0.976. The zero-order valence-electron chi connectivity index (χ0n) is 14.9. The van der Waals surface area contributed by atoms with E-state index in [4.69, 9.17) is 16.2 Å². The Labute approximate surface area is 164 Å². The third-order valence-electron chi connectivity index (χ3n) is 3.67. The summed E-state index contributed by atoms with van der Waals surface area (Å²) >= 11 is 0. The van der Waals surface area contributed by atoms with Crippen molar-refractivity contribution in [2.75, 3.05) is 25.5 Å². The van der Waals surface area contributed by atoms with Gasteiger partial charge in [-0.3, -0.25) is 13.6 Å². The first kappa shape index (κ1) is 24.1. The average molecular weight is 460 g/mol. The fourth-order valence-corrected chi connectivity index (χ4v) is 4.44. The first-order valence-corrected chi connectivity index (χ1v) is 11.2. The molecule has 0 bridgehead atoms. The molecule has 6 atom stereocenters. The van der Waals surface area contributed by atoms with Gasteiger partial charge in [-0.15, -0.1) is 0 Å². The maximum atomic E-state index is 11.9. The molecule has 0 saturated carbocycles. The number of aliphatic hydroxyl groups is 2. The number of nitrogens with zero attached hydrogens (tertiary/aromatic N) is 2. The Morgan fingerprint density at radius 2 is 1.86 bits per heavy atom. The van der Waals surface area contributed by atoms with E-state index in [1.807, 2.05) is 0 Å². The molecule has 2 heterocycles. The van der Waals surface area contributed by atoms with Gasteiger partial charge >= 0.3 is 21.3 Å². The molecule has 1 aliphatic rings. The molecule has 166 valence electrons. The summed E-state index contributed by atoms with van der Waals surface area (Å²) in [7, 11) is -10.0. The van der Waals surface area contributed by atoms with E-state index in [0.717, 1.165) is 4.57 Å². The van der Waals surface area contributed by atoms with E-state index in [-0.39, 0.29) is 25.4 Å². The van der Waals surface area contributed by atoms with Crippen LogP contribution >= 0.6 is 15.6 Å². The number of ether oxygens (including phenoxy) is 1. The molecule has 0 spiro atoms. The van der Waals surface area contributed by atoms with Crippen molar-refractivity contribution in [3.8, 4) is 0 Å². The van der Waals surface area contributed by atoms with Crippen LogP contribution in [0.4, 0.5) is 5.82 Å². The molecule has 1 aliphatic heterocycles. The molecule has 0 aromatic carbocycles. The summed E-state index contributed by atoms with van der Waals surface area (Å²) in [6, 6.07) is 1.26. The number of nitrogens with two attached hydrogens (primary N) is 2. The van der Waals surface area contributed by atoms with Crippen molar-refractivity contribution in [2.24, 2.45) is 5.73 Å². The quantitative estimate of drug-likeness (QED) is 0.164. The molecule has 0 aliphatic carbocycles. The third-order valence-corrected chi connectivity index (χ3v) is 6.31. The van der Waals surface area contributed by atoms with Gasteiger partial charge in [0.1, 0.15) is 24.1 Å². The van der Waals surface area contributed by atoms with Gasteiger partial charge in [-0.25, -0.2) is 13.9 Å². The van der Waals surface area contributed by atoms with Crippen LogP contribution in [0.3, 0.4) is 0 Å². The second-order valence-corrected chi connectivity index (χ2v) is 8.92. The molecule has 2 rings (SSSR count). The lowest BCUT2D eigenvalue weighted by molar-refractivity contribution is -0.0542. The number of hydrogen-bond acceptors (Lipinski definition) is 12. The summed E-state index contributed by atoms with van der Waals surface area (Å²) in [5, 5.41) is 20.1. The molecule has 17 heteroatoms. The lowest BCUT2D eigenvalue weighted by Gasteiger charge is -2.19. The van der Waals surface area contributed by atoms with E-state index in [9.17, 15) is 33.9 Å². The van der Waals surface area contributed by atoms with Gasteiger partial charge in [0.05, 0.1) is 13.2 Å². The summed E-state index contributed by atoms with van der Waals surface area (Å²) < 4.78 is 42.7. The number of rotatable bonds is 10. The molecule has 1 fully saturated rings. The van der Waals surface area contributed by atoms with Gasteiger partial charge in [-0.2, -0.15) is 9.29 Å². The molecule has 15 nitrogen and oxygen atoms in total. The number of anilines is 1. The highest BCUT2D eigenvalue weighted by atomic mass is 31.3. The summed E-state index contributed by atoms with van der Waals surface area (Å²) in [5.74, 6) is -0.0698. The third kappa shape index (κ3) is 6.64. The van der Waals surface area contributed by atoms with E-state index in [2.05, 4.69) is 18.3 Å². The Morgan fingerprint density at radius 3 is 2.48 bits per heavy atom. The Bertz CT molecular complexity index is 851. The molecule has 1 saturated heterocycles. The van der Waals surface area contributed by atoms with Gasteiger partial charge in [-0.05, 0) is 19.0 Å². The van der Waals surface area contributed by atoms with Crippen molar-refractivity contribution in [2.45, 2.75) is 31.0 Å². The van der Waals surface area contributed by atoms with Crippen LogP contribution in [0.2, 0.25) is 0 Å². The van der Waals surface area contributed by atoms with Crippen molar-refractivity contribution < 1.29 is 47.2 Å².